The van der Waals surface area contributed by atoms with Crippen LogP contribution in [0.15, 0.2) is 45.3 Å². The summed E-state index contributed by atoms with van der Waals surface area (Å²) in [7, 11) is 0. The number of rotatable bonds is 1. The van der Waals surface area contributed by atoms with Crippen LogP contribution in [0.3, 0.4) is 0 Å². The zero-order valence-corrected chi connectivity index (χ0v) is 12.2. The van der Waals surface area contributed by atoms with Gasteiger partial charge in [0.05, 0.1) is 11.0 Å². The fourth-order valence-electron chi connectivity index (χ4n) is 1.81. The number of halogens is 3. The number of fused-ring (bicyclic) bond motifs is 1. The smallest absolute Gasteiger partial charge is 0.138 e. The summed E-state index contributed by atoms with van der Waals surface area (Å²) in [6.45, 7) is 0. The lowest BCUT2D eigenvalue weighted by molar-refractivity contribution is 0.629. The minimum atomic E-state index is -0.270. The maximum atomic E-state index is 13.1. The third kappa shape index (κ3) is 2.20. The molecule has 2 aromatic carbocycles. The first-order valence-electron chi connectivity index (χ1n) is 5.23. The third-order valence-corrected chi connectivity index (χ3v) is 3.50. The summed E-state index contributed by atoms with van der Waals surface area (Å²) < 4.78 is 15.0. The van der Waals surface area contributed by atoms with E-state index in [0.29, 0.717) is 5.52 Å². The summed E-state index contributed by atoms with van der Waals surface area (Å²) in [5.41, 5.74) is 2.39. The first kappa shape index (κ1) is 11.9. The molecule has 0 amide bonds. The molecule has 3 rings (SSSR count). The van der Waals surface area contributed by atoms with Gasteiger partial charge < -0.3 is 4.98 Å². The lowest BCUT2D eigenvalue weighted by Gasteiger charge is -1.99. The van der Waals surface area contributed by atoms with Gasteiger partial charge in [-0.2, -0.15) is 0 Å². The van der Waals surface area contributed by atoms with Crippen LogP contribution in [0.1, 0.15) is 0 Å². The molecule has 2 nitrogen and oxygen atoms in total. The standard InChI is InChI=1S/C13H7Br2FN2/c14-8-3-7(4-9(15)5-8)13-17-11-2-1-10(16)6-12(11)18-13/h1-6H,(H,17,18). The first-order valence-corrected chi connectivity index (χ1v) is 6.82. The molecule has 0 aliphatic rings. The van der Waals surface area contributed by atoms with Crippen molar-refractivity contribution in [3.63, 3.8) is 0 Å². The Kier molecular flexibility index (Phi) is 2.95. The summed E-state index contributed by atoms with van der Waals surface area (Å²) >= 11 is 6.87. The van der Waals surface area contributed by atoms with E-state index in [-0.39, 0.29) is 5.82 Å². The van der Waals surface area contributed by atoms with Gasteiger partial charge in [0.1, 0.15) is 11.6 Å². The number of aromatic nitrogens is 2. The summed E-state index contributed by atoms with van der Waals surface area (Å²) in [5.74, 6) is 0.450. The van der Waals surface area contributed by atoms with E-state index in [1.807, 2.05) is 18.2 Å². The van der Waals surface area contributed by atoms with Crippen LogP contribution >= 0.6 is 31.9 Å². The maximum absolute atomic E-state index is 13.1. The molecule has 1 heterocycles. The molecule has 0 atom stereocenters. The Balaban J connectivity index is 2.19. The molecule has 0 spiro atoms. The van der Waals surface area contributed by atoms with Crippen molar-refractivity contribution >= 4 is 42.9 Å². The fraction of sp³-hybridized carbons (Fsp3) is 0. The van der Waals surface area contributed by atoms with E-state index in [1.54, 1.807) is 6.07 Å². The summed E-state index contributed by atoms with van der Waals surface area (Å²) in [4.78, 5) is 7.56. The van der Waals surface area contributed by atoms with Crippen LogP contribution in [0.2, 0.25) is 0 Å². The SMILES string of the molecule is Fc1ccc2nc(-c3cc(Br)cc(Br)c3)[nH]c2c1. The molecule has 0 aliphatic carbocycles. The van der Waals surface area contributed by atoms with E-state index < -0.39 is 0 Å². The zero-order chi connectivity index (χ0) is 12.7. The summed E-state index contributed by atoms with van der Waals surface area (Å²) in [5, 5.41) is 0. The van der Waals surface area contributed by atoms with Gasteiger partial charge in [0.15, 0.2) is 0 Å². The summed E-state index contributed by atoms with van der Waals surface area (Å²) in [6.07, 6.45) is 0. The Bertz CT molecular complexity index is 717. The highest BCUT2D eigenvalue weighted by molar-refractivity contribution is 9.11. The molecular formula is C13H7Br2FN2. The van der Waals surface area contributed by atoms with Crippen molar-refractivity contribution in [2.75, 3.05) is 0 Å². The minimum absolute atomic E-state index is 0.270. The van der Waals surface area contributed by atoms with Gasteiger partial charge in [-0.15, -0.1) is 0 Å². The predicted molar refractivity (Wildman–Crippen MR) is 76.9 cm³/mol. The number of hydrogen-bond donors (Lipinski definition) is 1. The van der Waals surface area contributed by atoms with E-state index >= 15 is 0 Å². The molecule has 0 fully saturated rings. The van der Waals surface area contributed by atoms with E-state index in [1.165, 1.54) is 12.1 Å². The maximum Gasteiger partial charge on any atom is 0.138 e. The van der Waals surface area contributed by atoms with Crippen molar-refractivity contribution in [2.45, 2.75) is 0 Å². The molecule has 1 N–H and O–H groups in total. The van der Waals surface area contributed by atoms with E-state index in [4.69, 9.17) is 0 Å². The van der Waals surface area contributed by atoms with Crippen molar-refractivity contribution in [3.05, 3.63) is 51.2 Å². The van der Waals surface area contributed by atoms with Gasteiger partial charge in [0.25, 0.3) is 0 Å². The zero-order valence-electron chi connectivity index (χ0n) is 9.05. The normalized spacial score (nSPS) is 11.1. The molecule has 0 saturated carbocycles. The number of nitrogens with zero attached hydrogens (tertiary/aromatic N) is 1. The van der Waals surface area contributed by atoms with Crippen molar-refractivity contribution in [3.8, 4) is 11.4 Å². The topological polar surface area (TPSA) is 28.7 Å². The van der Waals surface area contributed by atoms with Gasteiger partial charge >= 0.3 is 0 Å². The molecular weight excluding hydrogens is 363 g/mol. The predicted octanol–water partition coefficient (Wildman–Crippen LogP) is 4.89. The third-order valence-electron chi connectivity index (χ3n) is 2.58. The molecule has 0 saturated heterocycles. The number of imidazole rings is 1. The van der Waals surface area contributed by atoms with Crippen LogP contribution in [0.4, 0.5) is 4.39 Å². The van der Waals surface area contributed by atoms with Crippen LogP contribution in [0.25, 0.3) is 22.4 Å². The quantitative estimate of drug-likeness (QED) is 0.649. The van der Waals surface area contributed by atoms with Crippen LogP contribution in [-0.2, 0) is 0 Å². The number of H-pyrrole nitrogens is 1. The lowest BCUT2D eigenvalue weighted by Crippen LogP contribution is -1.80. The van der Waals surface area contributed by atoms with Gasteiger partial charge in [0, 0.05) is 14.5 Å². The van der Waals surface area contributed by atoms with Crippen molar-refractivity contribution in [1.82, 2.24) is 9.97 Å². The molecule has 3 aromatic rings. The van der Waals surface area contributed by atoms with Crippen LogP contribution in [0, 0.1) is 5.82 Å². The molecule has 0 aliphatic heterocycles. The average Bonchev–Trinajstić information content (AvgIpc) is 2.70. The van der Waals surface area contributed by atoms with Crippen molar-refractivity contribution < 1.29 is 4.39 Å². The number of hydrogen-bond acceptors (Lipinski definition) is 1. The van der Waals surface area contributed by atoms with Crippen LogP contribution < -0.4 is 0 Å². The van der Waals surface area contributed by atoms with Gasteiger partial charge in [-0.05, 0) is 36.4 Å². The van der Waals surface area contributed by atoms with Crippen molar-refractivity contribution in [1.29, 1.82) is 0 Å². The van der Waals surface area contributed by atoms with Gasteiger partial charge in [-0.25, -0.2) is 9.37 Å². The minimum Gasteiger partial charge on any atom is -0.338 e. The Morgan fingerprint density at radius 1 is 1.00 bits per heavy atom. The summed E-state index contributed by atoms with van der Waals surface area (Å²) in [6, 6.07) is 10.4. The van der Waals surface area contributed by atoms with Crippen LogP contribution in [0.5, 0.6) is 0 Å². The highest BCUT2D eigenvalue weighted by Gasteiger charge is 2.07. The Morgan fingerprint density at radius 3 is 2.44 bits per heavy atom. The van der Waals surface area contributed by atoms with Gasteiger partial charge in [0.2, 0.25) is 0 Å². The molecule has 90 valence electrons. The van der Waals surface area contributed by atoms with Gasteiger partial charge in [-0.1, -0.05) is 31.9 Å². The average molecular weight is 370 g/mol. The number of benzene rings is 2. The van der Waals surface area contributed by atoms with Crippen molar-refractivity contribution in [2.24, 2.45) is 0 Å². The molecule has 5 heteroatoms. The Labute approximate surface area is 119 Å². The molecule has 0 radical (unpaired) electrons. The highest BCUT2D eigenvalue weighted by atomic mass is 79.9. The second-order valence-electron chi connectivity index (χ2n) is 3.91. The van der Waals surface area contributed by atoms with E-state index in [2.05, 4.69) is 41.8 Å². The molecule has 0 bridgehead atoms. The molecule has 1 aromatic heterocycles. The largest absolute Gasteiger partial charge is 0.338 e. The first-order chi connectivity index (χ1) is 8.61. The highest BCUT2D eigenvalue weighted by Crippen LogP contribution is 2.27. The second-order valence-corrected chi connectivity index (χ2v) is 5.74. The number of aromatic amines is 1. The lowest BCUT2D eigenvalue weighted by atomic mass is 10.2. The monoisotopic (exact) mass is 368 g/mol. The Morgan fingerprint density at radius 2 is 1.72 bits per heavy atom. The fourth-order valence-corrected chi connectivity index (χ4v) is 3.10. The van der Waals surface area contributed by atoms with E-state index in [0.717, 1.165) is 25.8 Å². The number of nitrogens with one attached hydrogen (secondary N) is 1. The Hall–Kier alpha value is -1.20. The van der Waals surface area contributed by atoms with Crippen LogP contribution in [-0.4, -0.2) is 9.97 Å². The second kappa shape index (κ2) is 4.48. The van der Waals surface area contributed by atoms with Gasteiger partial charge in [-0.3, -0.25) is 0 Å². The molecule has 0 unspecified atom stereocenters. The van der Waals surface area contributed by atoms with E-state index in [9.17, 15) is 4.39 Å². The molecule has 18 heavy (non-hydrogen) atoms.